The summed E-state index contributed by atoms with van der Waals surface area (Å²) in [6.07, 6.45) is 2.70. The van der Waals surface area contributed by atoms with Crippen LogP contribution in [0.25, 0.3) is 0 Å². The van der Waals surface area contributed by atoms with Crippen LogP contribution >= 0.6 is 0 Å². The lowest BCUT2D eigenvalue weighted by Crippen LogP contribution is -2.41. The normalized spacial score (nSPS) is 12.1. The molecular formula is C13H24O2Si. The zero-order valence-corrected chi connectivity index (χ0v) is 12.2. The highest BCUT2D eigenvalue weighted by Crippen LogP contribution is 2.36. The van der Waals surface area contributed by atoms with Gasteiger partial charge in [-0.25, -0.2) is 0 Å². The van der Waals surface area contributed by atoms with Gasteiger partial charge < -0.3 is 4.43 Å². The molecule has 0 bridgehead atoms. The first-order chi connectivity index (χ1) is 7.20. The highest BCUT2D eigenvalue weighted by atomic mass is 28.4. The van der Waals surface area contributed by atoms with Crippen molar-refractivity contribution in [1.29, 1.82) is 0 Å². The molecule has 0 rings (SSSR count). The second-order valence-corrected chi connectivity index (χ2v) is 10.3. The van der Waals surface area contributed by atoms with E-state index in [1.165, 1.54) is 6.08 Å². The number of carbonyl (C=O) groups is 1. The van der Waals surface area contributed by atoms with E-state index >= 15 is 0 Å². The molecule has 0 aromatic rings. The molecule has 0 N–H and O–H groups in total. The van der Waals surface area contributed by atoms with Crippen LogP contribution in [0, 0.1) is 0 Å². The maximum Gasteiger partial charge on any atom is 0.191 e. The SMILES string of the molecule is C=C=CC(=O)CCCO[Si](C)(C)C(C)(C)C. The zero-order valence-electron chi connectivity index (χ0n) is 11.2. The summed E-state index contributed by atoms with van der Waals surface area (Å²) >= 11 is 0. The van der Waals surface area contributed by atoms with E-state index in [0.29, 0.717) is 13.0 Å². The van der Waals surface area contributed by atoms with Gasteiger partial charge in [-0.15, -0.1) is 5.73 Å². The smallest absolute Gasteiger partial charge is 0.191 e. The van der Waals surface area contributed by atoms with Crippen molar-refractivity contribution in [1.82, 2.24) is 0 Å². The summed E-state index contributed by atoms with van der Waals surface area (Å²) in [7, 11) is -1.64. The summed E-state index contributed by atoms with van der Waals surface area (Å²) in [5.74, 6) is 0.0776. The predicted molar refractivity (Wildman–Crippen MR) is 71.1 cm³/mol. The standard InChI is InChI=1S/C13H24O2Si/c1-7-9-12(14)10-8-11-15-16(5,6)13(2,3)4/h9H,1,8,10-11H2,2-6H3. The average Bonchev–Trinajstić information content (AvgIpc) is 2.11. The van der Waals surface area contributed by atoms with E-state index in [1.807, 2.05) is 0 Å². The Labute approximate surface area is 101 Å². The van der Waals surface area contributed by atoms with Crippen molar-refractivity contribution in [3.05, 3.63) is 18.4 Å². The maximum atomic E-state index is 11.2. The summed E-state index contributed by atoms with van der Waals surface area (Å²) in [4.78, 5) is 11.2. The molecule has 16 heavy (non-hydrogen) atoms. The van der Waals surface area contributed by atoms with E-state index in [1.54, 1.807) is 0 Å². The Bertz CT molecular complexity index is 281. The number of ketones is 1. The highest BCUT2D eigenvalue weighted by Gasteiger charge is 2.36. The lowest BCUT2D eigenvalue weighted by molar-refractivity contribution is -0.114. The lowest BCUT2D eigenvalue weighted by Gasteiger charge is -2.36. The fraction of sp³-hybridized carbons (Fsp3) is 0.692. The quantitative estimate of drug-likeness (QED) is 0.306. The summed E-state index contributed by atoms with van der Waals surface area (Å²) in [5.41, 5.74) is 2.49. The Morgan fingerprint density at radius 1 is 1.44 bits per heavy atom. The van der Waals surface area contributed by atoms with Gasteiger partial charge in [-0.3, -0.25) is 4.79 Å². The minimum atomic E-state index is -1.64. The van der Waals surface area contributed by atoms with Crippen molar-refractivity contribution >= 4 is 14.1 Å². The highest BCUT2D eigenvalue weighted by molar-refractivity contribution is 6.74. The molecule has 0 aromatic carbocycles. The Morgan fingerprint density at radius 3 is 2.44 bits per heavy atom. The van der Waals surface area contributed by atoms with Crippen LogP contribution in [-0.2, 0) is 9.22 Å². The van der Waals surface area contributed by atoms with Crippen LogP contribution in [0.15, 0.2) is 18.4 Å². The molecule has 0 aliphatic heterocycles. The van der Waals surface area contributed by atoms with Gasteiger partial charge in [0.25, 0.3) is 0 Å². The number of rotatable bonds is 6. The molecule has 0 heterocycles. The topological polar surface area (TPSA) is 26.3 Å². The van der Waals surface area contributed by atoms with Crippen LogP contribution in [0.4, 0.5) is 0 Å². The lowest BCUT2D eigenvalue weighted by atomic mass is 10.2. The van der Waals surface area contributed by atoms with E-state index in [-0.39, 0.29) is 10.8 Å². The molecule has 2 nitrogen and oxygen atoms in total. The minimum absolute atomic E-state index is 0.0776. The fourth-order valence-corrected chi connectivity index (χ4v) is 2.06. The Balaban J connectivity index is 3.91. The van der Waals surface area contributed by atoms with Crippen LogP contribution < -0.4 is 0 Å². The van der Waals surface area contributed by atoms with Crippen molar-refractivity contribution in [3.63, 3.8) is 0 Å². The van der Waals surface area contributed by atoms with Gasteiger partial charge in [-0.2, -0.15) is 0 Å². The van der Waals surface area contributed by atoms with Crippen molar-refractivity contribution in [3.8, 4) is 0 Å². The van der Waals surface area contributed by atoms with Gasteiger partial charge in [-0.05, 0) is 24.6 Å². The largest absolute Gasteiger partial charge is 0.417 e. The predicted octanol–water partition coefficient (Wildman–Crippen LogP) is 3.70. The monoisotopic (exact) mass is 240 g/mol. The van der Waals surface area contributed by atoms with Crippen LogP contribution in [0.2, 0.25) is 18.1 Å². The maximum absolute atomic E-state index is 11.2. The van der Waals surface area contributed by atoms with Crippen LogP contribution in [0.1, 0.15) is 33.6 Å². The first-order valence-corrected chi connectivity index (χ1v) is 8.64. The van der Waals surface area contributed by atoms with E-state index < -0.39 is 8.32 Å². The van der Waals surface area contributed by atoms with Gasteiger partial charge in [0, 0.05) is 19.1 Å². The molecule has 0 aromatic heterocycles. The van der Waals surface area contributed by atoms with Crippen LogP contribution in [0.3, 0.4) is 0 Å². The Kier molecular flexibility index (Phi) is 5.94. The minimum Gasteiger partial charge on any atom is -0.417 e. The number of hydrogen-bond acceptors (Lipinski definition) is 2. The molecule has 3 heteroatoms. The summed E-state index contributed by atoms with van der Waals surface area (Å²) in [6.45, 7) is 15.1. The van der Waals surface area contributed by atoms with Gasteiger partial charge in [-0.1, -0.05) is 27.4 Å². The summed E-state index contributed by atoms with van der Waals surface area (Å²) < 4.78 is 5.96. The molecule has 0 aliphatic rings. The second kappa shape index (κ2) is 6.19. The van der Waals surface area contributed by atoms with E-state index in [0.717, 1.165) is 6.42 Å². The third-order valence-corrected chi connectivity index (χ3v) is 7.64. The van der Waals surface area contributed by atoms with Crippen LogP contribution in [0.5, 0.6) is 0 Å². The third-order valence-electron chi connectivity index (χ3n) is 3.10. The molecule has 0 saturated heterocycles. The Morgan fingerprint density at radius 2 is 2.00 bits per heavy atom. The number of hydrogen-bond donors (Lipinski definition) is 0. The van der Waals surface area contributed by atoms with Gasteiger partial charge in [0.15, 0.2) is 14.1 Å². The van der Waals surface area contributed by atoms with E-state index in [4.69, 9.17) is 4.43 Å². The second-order valence-electron chi connectivity index (χ2n) is 5.53. The van der Waals surface area contributed by atoms with Gasteiger partial charge in [0.05, 0.1) is 0 Å². The summed E-state index contributed by atoms with van der Waals surface area (Å²) in [6, 6.07) is 0. The molecule has 0 fully saturated rings. The van der Waals surface area contributed by atoms with Crippen LogP contribution in [-0.4, -0.2) is 20.7 Å². The molecule has 0 aliphatic carbocycles. The average molecular weight is 240 g/mol. The number of allylic oxidation sites excluding steroid dienone is 1. The summed E-state index contributed by atoms with van der Waals surface area (Å²) in [5, 5.41) is 0.234. The molecule has 0 saturated carbocycles. The first-order valence-electron chi connectivity index (χ1n) is 5.73. The van der Waals surface area contributed by atoms with Gasteiger partial charge >= 0.3 is 0 Å². The zero-order chi connectivity index (χ0) is 12.8. The first kappa shape index (κ1) is 15.4. The van der Waals surface area contributed by atoms with Crippen molar-refractivity contribution in [2.45, 2.75) is 51.7 Å². The molecule has 0 unspecified atom stereocenters. The van der Waals surface area contributed by atoms with Gasteiger partial charge in [0.2, 0.25) is 0 Å². The molecule has 0 spiro atoms. The molecule has 0 atom stereocenters. The number of carbonyl (C=O) groups excluding carboxylic acids is 1. The molecule has 0 amide bonds. The molecule has 0 radical (unpaired) electrons. The van der Waals surface area contributed by atoms with Crippen molar-refractivity contribution < 1.29 is 9.22 Å². The van der Waals surface area contributed by atoms with E-state index in [2.05, 4.69) is 46.2 Å². The third kappa shape index (κ3) is 5.45. The fourth-order valence-electron chi connectivity index (χ4n) is 0.976. The van der Waals surface area contributed by atoms with Gasteiger partial charge in [0.1, 0.15) is 0 Å². The van der Waals surface area contributed by atoms with E-state index in [9.17, 15) is 4.79 Å². The van der Waals surface area contributed by atoms with Crippen molar-refractivity contribution in [2.75, 3.05) is 6.61 Å². The molecular weight excluding hydrogens is 216 g/mol. The Hall–Kier alpha value is -0.633. The van der Waals surface area contributed by atoms with Crippen molar-refractivity contribution in [2.24, 2.45) is 0 Å². The molecule has 92 valence electrons.